The number of amides is 2. The number of hydrogen-bond donors (Lipinski definition) is 1. The van der Waals surface area contributed by atoms with Gasteiger partial charge in [0.05, 0.1) is 16.9 Å². The summed E-state index contributed by atoms with van der Waals surface area (Å²) in [5.41, 5.74) is 0.625. The minimum atomic E-state index is -0.488. The lowest BCUT2D eigenvalue weighted by Crippen LogP contribution is -2.26. The zero-order chi connectivity index (χ0) is 21.0. The van der Waals surface area contributed by atoms with Crippen LogP contribution < -0.4 is 10.1 Å². The van der Waals surface area contributed by atoms with Crippen molar-refractivity contribution in [2.75, 3.05) is 19.4 Å². The first kappa shape index (κ1) is 20.5. The molecule has 0 radical (unpaired) electrons. The summed E-state index contributed by atoms with van der Waals surface area (Å²) >= 11 is 6.05. The molecule has 8 nitrogen and oxygen atoms in total. The molecular weight excluding hydrogens is 396 g/mol. The van der Waals surface area contributed by atoms with Crippen LogP contribution in [0.5, 0.6) is 5.75 Å². The molecule has 0 bridgehead atoms. The van der Waals surface area contributed by atoms with Crippen molar-refractivity contribution in [3.8, 4) is 5.75 Å². The number of rotatable bonds is 7. The third kappa shape index (κ3) is 4.60. The standard InChI is InChI=1S/C20H21ClN4O4/c1-4-25-18(20(27)24(2)3)15(11-22-25)23-19(26)17-10-9-13(29-17)12-28-16-8-6-5-7-14(16)21/h5-11H,4,12H2,1-3H3,(H,23,26). The van der Waals surface area contributed by atoms with E-state index in [-0.39, 0.29) is 18.3 Å². The number of carbonyl (C=O) groups excluding carboxylic acids is 2. The van der Waals surface area contributed by atoms with Crippen LogP contribution in [0.4, 0.5) is 5.69 Å². The molecule has 1 aromatic carbocycles. The third-order valence-electron chi connectivity index (χ3n) is 4.09. The highest BCUT2D eigenvalue weighted by Gasteiger charge is 2.22. The summed E-state index contributed by atoms with van der Waals surface area (Å²) in [6.07, 6.45) is 1.45. The number of ether oxygens (including phenoxy) is 1. The number of hydrogen-bond acceptors (Lipinski definition) is 5. The molecule has 9 heteroatoms. The maximum Gasteiger partial charge on any atom is 0.291 e. The lowest BCUT2D eigenvalue weighted by molar-refractivity contribution is 0.0816. The Labute approximate surface area is 173 Å². The largest absolute Gasteiger partial charge is 0.484 e. The molecule has 3 rings (SSSR count). The lowest BCUT2D eigenvalue weighted by Gasteiger charge is -2.13. The number of nitrogens with one attached hydrogen (secondary N) is 1. The number of aryl methyl sites for hydroxylation is 1. The smallest absolute Gasteiger partial charge is 0.291 e. The van der Waals surface area contributed by atoms with Gasteiger partial charge in [-0.25, -0.2) is 0 Å². The fraction of sp³-hybridized carbons (Fsp3) is 0.250. The highest BCUT2D eigenvalue weighted by molar-refractivity contribution is 6.32. The Bertz CT molecular complexity index is 1030. The van der Waals surface area contributed by atoms with Crippen molar-refractivity contribution in [2.45, 2.75) is 20.1 Å². The average molecular weight is 417 g/mol. The Morgan fingerprint density at radius 3 is 2.69 bits per heavy atom. The Balaban J connectivity index is 1.70. The number of halogens is 1. The zero-order valence-electron chi connectivity index (χ0n) is 16.3. The molecule has 0 fully saturated rings. The number of carbonyl (C=O) groups is 2. The number of furan rings is 1. The average Bonchev–Trinajstić information content (AvgIpc) is 3.33. The van der Waals surface area contributed by atoms with E-state index >= 15 is 0 Å². The molecule has 0 saturated heterocycles. The van der Waals surface area contributed by atoms with Crippen molar-refractivity contribution in [1.29, 1.82) is 0 Å². The van der Waals surface area contributed by atoms with Gasteiger partial charge in [-0.05, 0) is 31.2 Å². The summed E-state index contributed by atoms with van der Waals surface area (Å²) in [7, 11) is 3.28. The molecule has 0 atom stereocenters. The number of anilines is 1. The van der Waals surface area contributed by atoms with Gasteiger partial charge in [0.2, 0.25) is 0 Å². The van der Waals surface area contributed by atoms with E-state index in [0.29, 0.717) is 34.5 Å². The Kier molecular flexibility index (Phi) is 6.23. The molecule has 3 aromatic rings. The molecule has 0 spiro atoms. The number of nitrogens with zero attached hydrogens (tertiary/aromatic N) is 3. The van der Waals surface area contributed by atoms with Crippen molar-refractivity contribution < 1.29 is 18.7 Å². The van der Waals surface area contributed by atoms with Gasteiger partial charge in [-0.2, -0.15) is 5.10 Å². The predicted octanol–water partition coefficient (Wildman–Crippen LogP) is 3.68. The molecule has 0 unspecified atom stereocenters. The van der Waals surface area contributed by atoms with E-state index in [1.807, 2.05) is 13.0 Å². The summed E-state index contributed by atoms with van der Waals surface area (Å²) in [5, 5.41) is 7.33. The minimum Gasteiger partial charge on any atom is -0.484 e. The van der Waals surface area contributed by atoms with Gasteiger partial charge in [0.1, 0.15) is 23.8 Å². The van der Waals surface area contributed by atoms with Crippen LogP contribution in [0.15, 0.2) is 47.0 Å². The van der Waals surface area contributed by atoms with Gasteiger partial charge < -0.3 is 19.4 Å². The molecule has 2 heterocycles. The van der Waals surface area contributed by atoms with Crippen LogP contribution in [0.3, 0.4) is 0 Å². The Morgan fingerprint density at radius 1 is 1.24 bits per heavy atom. The second-order valence-electron chi connectivity index (χ2n) is 6.36. The van der Waals surface area contributed by atoms with E-state index in [2.05, 4.69) is 10.4 Å². The second kappa shape index (κ2) is 8.83. The van der Waals surface area contributed by atoms with E-state index in [0.717, 1.165) is 0 Å². The van der Waals surface area contributed by atoms with Gasteiger partial charge in [0, 0.05) is 20.6 Å². The van der Waals surface area contributed by atoms with Gasteiger partial charge in [0.15, 0.2) is 5.76 Å². The summed E-state index contributed by atoms with van der Waals surface area (Å²) in [5.74, 6) is 0.333. The molecule has 2 aromatic heterocycles. The van der Waals surface area contributed by atoms with E-state index in [1.165, 1.54) is 21.8 Å². The number of para-hydroxylation sites is 1. The quantitative estimate of drug-likeness (QED) is 0.634. The molecule has 152 valence electrons. The van der Waals surface area contributed by atoms with Crippen LogP contribution in [0.2, 0.25) is 5.02 Å². The topological polar surface area (TPSA) is 89.6 Å². The van der Waals surface area contributed by atoms with Gasteiger partial charge in [0.25, 0.3) is 11.8 Å². The van der Waals surface area contributed by atoms with Crippen LogP contribution >= 0.6 is 11.6 Å². The van der Waals surface area contributed by atoms with Crippen molar-refractivity contribution in [3.63, 3.8) is 0 Å². The monoisotopic (exact) mass is 416 g/mol. The molecule has 0 saturated carbocycles. The minimum absolute atomic E-state index is 0.0928. The molecule has 0 aliphatic carbocycles. The molecule has 29 heavy (non-hydrogen) atoms. The first-order valence-electron chi connectivity index (χ1n) is 8.95. The molecule has 1 N–H and O–H groups in total. The van der Waals surface area contributed by atoms with E-state index in [9.17, 15) is 9.59 Å². The van der Waals surface area contributed by atoms with Crippen molar-refractivity contribution >= 4 is 29.1 Å². The zero-order valence-corrected chi connectivity index (χ0v) is 17.1. The molecule has 0 aliphatic heterocycles. The van der Waals surface area contributed by atoms with E-state index in [4.69, 9.17) is 20.8 Å². The van der Waals surface area contributed by atoms with Gasteiger partial charge in [-0.1, -0.05) is 23.7 Å². The van der Waals surface area contributed by atoms with Gasteiger partial charge in [-0.3, -0.25) is 14.3 Å². The summed E-state index contributed by atoms with van der Waals surface area (Å²) in [6, 6.07) is 10.3. The van der Waals surface area contributed by atoms with E-state index < -0.39 is 5.91 Å². The van der Waals surface area contributed by atoms with Gasteiger partial charge in [-0.15, -0.1) is 0 Å². The van der Waals surface area contributed by atoms with Crippen LogP contribution in [-0.2, 0) is 13.2 Å². The highest BCUT2D eigenvalue weighted by Crippen LogP contribution is 2.24. The maximum absolute atomic E-state index is 12.6. The normalized spacial score (nSPS) is 10.6. The summed E-state index contributed by atoms with van der Waals surface area (Å²) < 4.78 is 12.7. The SMILES string of the molecule is CCn1ncc(NC(=O)c2ccc(COc3ccccc3Cl)o2)c1C(=O)N(C)C. The van der Waals surface area contributed by atoms with E-state index in [1.54, 1.807) is 38.4 Å². The van der Waals surface area contributed by atoms with Crippen molar-refractivity contribution in [2.24, 2.45) is 0 Å². The Hall–Kier alpha value is -3.26. The fourth-order valence-corrected chi connectivity index (χ4v) is 2.82. The predicted molar refractivity (Wildman–Crippen MR) is 108 cm³/mol. The van der Waals surface area contributed by atoms with Crippen LogP contribution in [0.25, 0.3) is 0 Å². The van der Waals surface area contributed by atoms with Crippen LogP contribution in [0, 0.1) is 0 Å². The summed E-state index contributed by atoms with van der Waals surface area (Å²) in [4.78, 5) is 26.4. The first-order valence-corrected chi connectivity index (χ1v) is 9.33. The second-order valence-corrected chi connectivity index (χ2v) is 6.77. The van der Waals surface area contributed by atoms with Gasteiger partial charge >= 0.3 is 0 Å². The number of aromatic nitrogens is 2. The molecular formula is C20H21ClN4O4. The third-order valence-corrected chi connectivity index (χ3v) is 4.40. The lowest BCUT2D eigenvalue weighted by atomic mass is 10.3. The Morgan fingerprint density at radius 2 is 2.00 bits per heavy atom. The molecule has 0 aliphatic rings. The first-order chi connectivity index (χ1) is 13.9. The fourth-order valence-electron chi connectivity index (χ4n) is 2.63. The number of benzene rings is 1. The van der Waals surface area contributed by atoms with Crippen molar-refractivity contribution in [3.05, 3.63) is 64.8 Å². The molecule has 2 amide bonds. The van der Waals surface area contributed by atoms with Crippen LogP contribution in [0.1, 0.15) is 33.7 Å². The van der Waals surface area contributed by atoms with Crippen molar-refractivity contribution in [1.82, 2.24) is 14.7 Å². The highest BCUT2D eigenvalue weighted by atomic mass is 35.5. The van der Waals surface area contributed by atoms with Crippen LogP contribution in [-0.4, -0.2) is 40.6 Å². The summed E-state index contributed by atoms with van der Waals surface area (Å²) in [6.45, 7) is 2.48. The maximum atomic E-state index is 12.6.